The number of amides is 2. The monoisotopic (exact) mass is 367 g/mol. The molecule has 6 nitrogen and oxygen atoms in total. The molecule has 132 valence electrons. The average Bonchev–Trinajstić information content (AvgIpc) is 3.07. The number of benzene rings is 2. The van der Waals surface area contributed by atoms with Crippen molar-refractivity contribution >= 4 is 28.3 Å². The van der Waals surface area contributed by atoms with Gasteiger partial charge in [-0.25, -0.2) is 4.98 Å². The van der Waals surface area contributed by atoms with Crippen molar-refractivity contribution in [2.75, 3.05) is 5.32 Å². The molecule has 0 saturated heterocycles. The van der Waals surface area contributed by atoms with Crippen LogP contribution < -0.4 is 15.8 Å². The van der Waals surface area contributed by atoms with Crippen molar-refractivity contribution in [2.24, 2.45) is 5.73 Å². The Morgan fingerprint density at radius 3 is 2.58 bits per heavy atom. The highest BCUT2D eigenvalue weighted by Crippen LogP contribution is 2.19. The Morgan fingerprint density at radius 2 is 1.81 bits per heavy atom. The van der Waals surface area contributed by atoms with E-state index in [9.17, 15) is 9.59 Å². The Labute approximate surface area is 154 Å². The summed E-state index contributed by atoms with van der Waals surface area (Å²) in [6.07, 6.45) is 0.0495. The minimum Gasteiger partial charge on any atom is -0.489 e. The number of nitrogens with one attached hydrogen (secondary N) is 1. The molecule has 0 saturated carbocycles. The number of primary amides is 1. The number of nitrogens with zero attached hydrogens (tertiary/aromatic N) is 1. The predicted molar refractivity (Wildman–Crippen MR) is 100 cm³/mol. The van der Waals surface area contributed by atoms with Crippen LogP contribution in [0.4, 0.5) is 5.13 Å². The van der Waals surface area contributed by atoms with Gasteiger partial charge in [0.2, 0.25) is 5.91 Å². The first-order chi connectivity index (χ1) is 12.6. The number of rotatable bonds is 7. The van der Waals surface area contributed by atoms with Gasteiger partial charge in [-0.1, -0.05) is 36.4 Å². The van der Waals surface area contributed by atoms with Gasteiger partial charge in [-0.2, -0.15) is 0 Å². The van der Waals surface area contributed by atoms with Crippen LogP contribution >= 0.6 is 11.3 Å². The lowest BCUT2D eigenvalue weighted by atomic mass is 10.1. The standard InChI is InChI=1S/C19H17N3O3S/c20-17(23)10-14-12-26-19(21-14)22-18(24)16-9-5-4-6-13(16)11-25-15-7-2-1-3-8-15/h1-9,12H,10-11H2,(H2,20,23)(H,21,22,24). The van der Waals surface area contributed by atoms with E-state index in [1.165, 1.54) is 11.3 Å². The van der Waals surface area contributed by atoms with Gasteiger partial charge in [-0.05, 0) is 18.2 Å². The van der Waals surface area contributed by atoms with Crippen molar-refractivity contribution in [3.8, 4) is 5.75 Å². The summed E-state index contributed by atoms with van der Waals surface area (Å²) in [4.78, 5) is 27.7. The highest BCUT2D eigenvalue weighted by atomic mass is 32.1. The second-order valence-electron chi connectivity index (χ2n) is 5.50. The molecule has 2 aromatic carbocycles. The molecular formula is C19H17N3O3S. The summed E-state index contributed by atoms with van der Waals surface area (Å²) in [5, 5.41) is 4.87. The fourth-order valence-corrected chi connectivity index (χ4v) is 3.04. The van der Waals surface area contributed by atoms with E-state index < -0.39 is 5.91 Å². The lowest BCUT2D eigenvalue weighted by Crippen LogP contribution is -2.16. The van der Waals surface area contributed by atoms with Crippen LogP contribution in [-0.2, 0) is 17.8 Å². The van der Waals surface area contributed by atoms with E-state index in [2.05, 4.69) is 10.3 Å². The molecule has 3 aromatic rings. The van der Waals surface area contributed by atoms with E-state index >= 15 is 0 Å². The maximum absolute atomic E-state index is 12.6. The maximum atomic E-state index is 12.6. The number of thiazole rings is 1. The fourth-order valence-electron chi connectivity index (χ4n) is 2.33. The highest BCUT2D eigenvalue weighted by molar-refractivity contribution is 7.14. The van der Waals surface area contributed by atoms with Crippen LogP contribution in [0.1, 0.15) is 21.6 Å². The molecule has 26 heavy (non-hydrogen) atoms. The minimum absolute atomic E-state index is 0.0495. The Kier molecular flexibility index (Phi) is 5.60. The first-order valence-electron chi connectivity index (χ1n) is 7.91. The SMILES string of the molecule is NC(=O)Cc1csc(NC(=O)c2ccccc2COc2ccccc2)n1. The largest absolute Gasteiger partial charge is 0.489 e. The molecule has 3 N–H and O–H groups in total. The quantitative estimate of drug-likeness (QED) is 0.671. The molecule has 0 aliphatic carbocycles. The average molecular weight is 367 g/mol. The lowest BCUT2D eigenvalue weighted by molar-refractivity contribution is -0.117. The molecule has 0 unspecified atom stereocenters. The van der Waals surface area contributed by atoms with Gasteiger partial charge in [0.1, 0.15) is 12.4 Å². The highest BCUT2D eigenvalue weighted by Gasteiger charge is 2.14. The zero-order valence-corrected chi connectivity index (χ0v) is 14.7. The molecule has 1 heterocycles. The molecule has 0 spiro atoms. The molecule has 0 atom stereocenters. The molecule has 2 amide bonds. The van der Waals surface area contributed by atoms with Crippen LogP contribution in [0.2, 0.25) is 0 Å². The second-order valence-corrected chi connectivity index (χ2v) is 6.36. The first-order valence-corrected chi connectivity index (χ1v) is 8.79. The number of ether oxygens (including phenoxy) is 1. The number of hydrogen-bond donors (Lipinski definition) is 2. The van der Waals surface area contributed by atoms with Crippen LogP contribution in [0.5, 0.6) is 5.75 Å². The molecule has 0 bridgehead atoms. The number of para-hydroxylation sites is 1. The Balaban J connectivity index is 1.69. The van der Waals surface area contributed by atoms with Gasteiger partial charge in [0.15, 0.2) is 5.13 Å². The summed E-state index contributed by atoms with van der Waals surface area (Å²) in [6, 6.07) is 16.6. The van der Waals surface area contributed by atoms with E-state index in [0.29, 0.717) is 16.4 Å². The number of carbonyl (C=O) groups is 2. The van der Waals surface area contributed by atoms with Crippen LogP contribution in [0, 0.1) is 0 Å². The van der Waals surface area contributed by atoms with Crippen LogP contribution in [0.15, 0.2) is 60.0 Å². The predicted octanol–water partition coefficient (Wildman–Crippen LogP) is 3.00. The van der Waals surface area contributed by atoms with Gasteiger partial charge in [-0.15, -0.1) is 11.3 Å². The van der Waals surface area contributed by atoms with E-state index in [1.807, 2.05) is 42.5 Å². The van der Waals surface area contributed by atoms with E-state index in [0.717, 1.165) is 11.3 Å². The zero-order chi connectivity index (χ0) is 18.4. The van der Waals surface area contributed by atoms with Crippen molar-refractivity contribution < 1.29 is 14.3 Å². The number of hydrogen-bond acceptors (Lipinski definition) is 5. The summed E-state index contributed by atoms with van der Waals surface area (Å²) in [6.45, 7) is 0.276. The normalized spacial score (nSPS) is 10.3. The van der Waals surface area contributed by atoms with Gasteiger partial charge < -0.3 is 10.5 Å². The zero-order valence-electron chi connectivity index (χ0n) is 13.8. The molecular weight excluding hydrogens is 350 g/mol. The maximum Gasteiger partial charge on any atom is 0.257 e. The summed E-state index contributed by atoms with van der Waals surface area (Å²) in [5.41, 5.74) is 6.97. The smallest absolute Gasteiger partial charge is 0.257 e. The van der Waals surface area contributed by atoms with Crippen LogP contribution in [0.3, 0.4) is 0 Å². The van der Waals surface area contributed by atoms with Gasteiger partial charge in [0.05, 0.1) is 12.1 Å². The van der Waals surface area contributed by atoms with Gasteiger partial charge in [0.25, 0.3) is 5.91 Å². The topological polar surface area (TPSA) is 94.3 Å². The van der Waals surface area contributed by atoms with Gasteiger partial charge in [0, 0.05) is 16.5 Å². The van der Waals surface area contributed by atoms with Crippen molar-refractivity contribution in [2.45, 2.75) is 13.0 Å². The third-order valence-corrected chi connectivity index (χ3v) is 4.33. The third-order valence-electron chi connectivity index (χ3n) is 3.53. The molecule has 0 aliphatic heterocycles. The van der Waals surface area contributed by atoms with E-state index in [1.54, 1.807) is 17.5 Å². The Bertz CT molecular complexity index is 909. The minimum atomic E-state index is -0.461. The molecule has 0 aliphatic rings. The van der Waals surface area contributed by atoms with Gasteiger partial charge >= 0.3 is 0 Å². The van der Waals surface area contributed by atoms with Crippen LogP contribution in [-0.4, -0.2) is 16.8 Å². The second kappa shape index (κ2) is 8.26. The van der Waals surface area contributed by atoms with Crippen molar-refractivity contribution in [3.05, 3.63) is 76.8 Å². The van der Waals surface area contributed by atoms with Gasteiger partial charge in [-0.3, -0.25) is 14.9 Å². The molecule has 1 aromatic heterocycles. The molecule has 3 rings (SSSR count). The molecule has 0 fully saturated rings. The Morgan fingerprint density at radius 1 is 1.08 bits per heavy atom. The number of anilines is 1. The number of aromatic nitrogens is 1. The summed E-state index contributed by atoms with van der Waals surface area (Å²) >= 11 is 1.25. The van der Waals surface area contributed by atoms with Crippen molar-refractivity contribution in [1.82, 2.24) is 4.98 Å². The summed E-state index contributed by atoms with van der Waals surface area (Å²) in [7, 11) is 0. The molecule has 0 radical (unpaired) electrons. The third kappa shape index (κ3) is 4.67. The van der Waals surface area contributed by atoms with Crippen molar-refractivity contribution in [3.63, 3.8) is 0 Å². The van der Waals surface area contributed by atoms with Crippen LogP contribution in [0.25, 0.3) is 0 Å². The lowest BCUT2D eigenvalue weighted by Gasteiger charge is -2.10. The summed E-state index contributed by atoms with van der Waals surface area (Å²) in [5.74, 6) is -0.00690. The number of nitrogens with two attached hydrogens (primary N) is 1. The summed E-state index contributed by atoms with van der Waals surface area (Å²) < 4.78 is 5.74. The van der Waals surface area contributed by atoms with Crippen molar-refractivity contribution in [1.29, 1.82) is 0 Å². The van der Waals surface area contributed by atoms with E-state index in [-0.39, 0.29) is 18.9 Å². The fraction of sp³-hybridized carbons (Fsp3) is 0.105. The van der Waals surface area contributed by atoms with E-state index in [4.69, 9.17) is 10.5 Å². The number of carbonyl (C=O) groups excluding carboxylic acids is 2. The Hall–Kier alpha value is -3.19. The first kappa shape index (κ1) is 17.6. The molecule has 7 heteroatoms.